The average molecular weight is 249 g/mol. The smallest absolute Gasteiger partial charge is 0.287 e. The van der Waals surface area contributed by atoms with Crippen LogP contribution in [0.25, 0.3) is 0 Å². The van der Waals surface area contributed by atoms with Gasteiger partial charge in [-0.15, -0.1) is 0 Å². The molecule has 0 aliphatic carbocycles. The number of carbonyl (C=O) groups excluding carboxylic acids is 2. The van der Waals surface area contributed by atoms with E-state index in [2.05, 4.69) is 5.32 Å². The Morgan fingerprint density at radius 2 is 1.89 bits per heavy atom. The third-order valence-corrected chi connectivity index (χ3v) is 2.85. The number of ketones is 1. The molecule has 0 bridgehead atoms. The van der Waals surface area contributed by atoms with Crippen molar-refractivity contribution in [1.29, 1.82) is 0 Å². The molecule has 98 valence electrons. The number of nitrogens with one attached hydrogen (secondary N) is 1. The van der Waals surface area contributed by atoms with Crippen molar-refractivity contribution >= 4 is 11.7 Å². The molecule has 4 heteroatoms. The molecular weight excluding hydrogens is 230 g/mol. The number of carbonyl (C=O) groups is 2. The lowest BCUT2D eigenvalue weighted by Gasteiger charge is -2.27. The monoisotopic (exact) mass is 249 g/mol. The molecule has 1 aromatic carbocycles. The van der Waals surface area contributed by atoms with Crippen LogP contribution in [-0.2, 0) is 15.0 Å². The lowest BCUT2D eigenvalue weighted by atomic mass is 9.84. The van der Waals surface area contributed by atoms with Gasteiger partial charge in [0.15, 0.2) is 0 Å². The third-order valence-electron chi connectivity index (χ3n) is 2.85. The van der Waals surface area contributed by atoms with E-state index in [9.17, 15) is 9.59 Å². The number of hydrogen-bond acceptors (Lipinski definition) is 3. The van der Waals surface area contributed by atoms with Crippen molar-refractivity contribution in [2.45, 2.75) is 26.2 Å². The fourth-order valence-corrected chi connectivity index (χ4v) is 1.72. The van der Waals surface area contributed by atoms with Gasteiger partial charge in [-0.2, -0.15) is 0 Å². The summed E-state index contributed by atoms with van der Waals surface area (Å²) in [4.78, 5) is 22.2. The fraction of sp³-hybridized carbons (Fsp3) is 0.429. The summed E-state index contributed by atoms with van der Waals surface area (Å²) >= 11 is 0. The Labute approximate surface area is 107 Å². The molecule has 18 heavy (non-hydrogen) atoms. The molecule has 0 atom stereocenters. The summed E-state index contributed by atoms with van der Waals surface area (Å²) in [6.07, 6.45) is 0. The van der Waals surface area contributed by atoms with Crippen LogP contribution in [0.1, 0.15) is 26.3 Å². The van der Waals surface area contributed by atoms with Crippen LogP contribution in [0.15, 0.2) is 24.3 Å². The molecule has 1 rings (SSSR count). The molecule has 1 N–H and O–H groups in total. The number of amides is 1. The average Bonchev–Trinajstić information content (AvgIpc) is 2.35. The highest BCUT2D eigenvalue weighted by molar-refractivity contribution is 6.35. The second-order valence-electron chi connectivity index (χ2n) is 4.82. The zero-order valence-corrected chi connectivity index (χ0v) is 11.2. The number of para-hydroxylation sites is 1. The second kappa shape index (κ2) is 5.67. The Bertz CT molecular complexity index is 452. The second-order valence-corrected chi connectivity index (χ2v) is 4.82. The highest BCUT2D eigenvalue weighted by Crippen LogP contribution is 2.30. The van der Waals surface area contributed by atoms with E-state index in [1.165, 1.54) is 6.92 Å². The maximum atomic E-state index is 11.3. The summed E-state index contributed by atoms with van der Waals surface area (Å²) in [5.41, 5.74) is 0.689. The summed E-state index contributed by atoms with van der Waals surface area (Å²) in [5, 5.41) is 2.63. The van der Waals surface area contributed by atoms with Crippen LogP contribution in [0.2, 0.25) is 0 Å². The minimum atomic E-state index is -0.557. The minimum absolute atomic E-state index is 0.308. The van der Waals surface area contributed by atoms with E-state index in [0.717, 1.165) is 11.3 Å². The van der Waals surface area contributed by atoms with Crippen LogP contribution in [-0.4, -0.2) is 25.3 Å². The van der Waals surface area contributed by atoms with E-state index in [1.807, 2.05) is 38.1 Å². The third kappa shape index (κ3) is 3.32. The first kappa shape index (κ1) is 14.2. The number of rotatable bonds is 5. The summed E-state index contributed by atoms with van der Waals surface area (Å²) in [5.74, 6) is -0.261. The quantitative estimate of drug-likeness (QED) is 0.808. The summed E-state index contributed by atoms with van der Waals surface area (Å²) in [6.45, 7) is 5.62. The normalized spacial score (nSPS) is 10.9. The number of benzene rings is 1. The topological polar surface area (TPSA) is 55.4 Å². The van der Waals surface area contributed by atoms with Gasteiger partial charge in [-0.25, -0.2) is 0 Å². The van der Waals surface area contributed by atoms with Gasteiger partial charge in [0.05, 0.1) is 7.11 Å². The number of methoxy groups -OCH3 is 1. The van der Waals surface area contributed by atoms with E-state index in [1.54, 1.807) is 7.11 Å². The molecule has 0 radical (unpaired) electrons. The van der Waals surface area contributed by atoms with Crippen molar-refractivity contribution in [1.82, 2.24) is 5.32 Å². The molecule has 0 spiro atoms. The van der Waals surface area contributed by atoms with Crippen molar-refractivity contribution in [3.63, 3.8) is 0 Å². The first-order valence-electron chi connectivity index (χ1n) is 5.81. The van der Waals surface area contributed by atoms with Crippen LogP contribution in [0.4, 0.5) is 0 Å². The van der Waals surface area contributed by atoms with Crippen LogP contribution >= 0.6 is 0 Å². The predicted octanol–water partition coefficient (Wildman–Crippen LogP) is 1.68. The summed E-state index contributed by atoms with van der Waals surface area (Å²) in [6, 6.07) is 7.65. The van der Waals surface area contributed by atoms with Gasteiger partial charge in [-0.1, -0.05) is 32.0 Å². The zero-order valence-electron chi connectivity index (χ0n) is 11.2. The molecule has 0 unspecified atom stereocenters. The van der Waals surface area contributed by atoms with Gasteiger partial charge in [0.2, 0.25) is 5.78 Å². The molecule has 0 aliphatic rings. The molecule has 4 nitrogen and oxygen atoms in total. The molecule has 1 aromatic rings. The van der Waals surface area contributed by atoms with Crippen molar-refractivity contribution in [3.8, 4) is 5.75 Å². The van der Waals surface area contributed by atoms with E-state index in [-0.39, 0.29) is 5.41 Å². The zero-order chi connectivity index (χ0) is 13.8. The molecule has 0 heterocycles. The van der Waals surface area contributed by atoms with Crippen LogP contribution in [0.3, 0.4) is 0 Å². The maximum Gasteiger partial charge on any atom is 0.287 e. The Hall–Kier alpha value is -1.84. The Morgan fingerprint density at radius 3 is 2.44 bits per heavy atom. The van der Waals surface area contributed by atoms with Gasteiger partial charge in [0.1, 0.15) is 5.75 Å². The largest absolute Gasteiger partial charge is 0.496 e. The van der Waals surface area contributed by atoms with Crippen molar-refractivity contribution < 1.29 is 14.3 Å². The molecule has 0 aliphatic heterocycles. The van der Waals surface area contributed by atoms with Crippen molar-refractivity contribution in [2.24, 2.45) is 0 Å². The van der Waals surface area contributed by atoms with Gasteiger partial charge in [-0.05, 0) is 6.07 Å². The Kier molecular flexibility index (Phi) is 4.48. The van der Waals surface area contributed by atoms with Gasteiger partial charge >= 0.3 is 0 Å². The summed E-state index contributed by atoms with van der Waals surface area (Å²) in [7, 11) is 1.61. The van der Waals surface area contributed by atoms with E-state index in [4.69, 9.17) is 4.74 Å². The lowest BCUT2D eigenvalue weighted by Crippen LogP contribution is -2.39. The van der Waals surface area contributed by atoms with Gasteiger partial charge < -0.3 is 10.1 Å². The van der Waals surface area contributed by atoms with Crippen LogP contribution < -0.4 is 10.1 Å². The van der Waals surface area contributed by atoms with Gasteiger partial charge in [0, 0.05) is 24.4 Å². The Morgan fingerprint density at radius 1 is 1.28 bits per heavy atom. The first-order chi connectivity index (χ1) is 8.38. The fourth-order valence-electron chi connectivity index (χ4n) is 1.72. The number of hydrogen-bond donors (Lipinski definition) is 1. The lowest BCUT2D eigenvalue weighted by molar-refractivity contribution is -0.136. The minimum Gasteiger partial charge on any atom is -0.496 e. The standard InChI is InChI=1S/C14H19NO3/c1-10(16)13(17)15-9-14(2,3)11-7-5-6-8-12(11)18-4/h5-8H,9H2,1-4H3,(H,15,17). The predicted molar refractivity (Wildman–Crippen MR) is 69.7 cm³/mol. The van der Waals surface area contributed by atoms with Crippen LogP contribution in [0, 0.1) is 0 Å². The molecule has 0 fully saturated rings. The highest BCUT2D eigenvalue weighted by atomic mass is 16.5. The Balaban J connectivity index is 2.85. The van der Waals surface area contributed by atoms with Crippen LogP contribution in [0.5, 0.6) is 5.75 Å². The SMILES string of the molecule is COc1ccccc1C(C)(C)CNC(=O)C(C)=O. The van der Waals surface area contributed by atoms with Gasteiger partial charge in [0.25, 0.3) is 5.91 Å². The molecule has 0 saturated carbocycles. The molecular formula is C14H19NO3. The molecule has 1 amide bonds. The van der Waals surface area contributed by atoms with Gasteiger partial charge in [-0.3, -0.25) is 9.59 Å². The maximum absolute atomic E-state index is 11.3. The van der Waals surface area contributed by atoms with Crippen molar-refractivity contribution in [3.05, 3.63) is 29.8 Å². The number of ether oxygens (including phenoxy) is 1. The molecule has 0 saturated heterocycles. The number of Topliss-reactive ketones (excluding diaryl/α,β-unsaturated/α-hetero) is 1. The van der Waals surface area contributed by atoms with E-state index < -0.39 is 11.7 Å². The summed E-state index contributed by atoms with van der Waals surface area (Å²) < 4.78 is 5.31. The van der Waals surface area contributed by atoms with Crippen molar-refractivity contribution in [2.75, 3.05) is 13.7 Å². The molecule has 0 aromatic heterocycles. The first-order valence-corrected chi connectivity index (χ1v) is 5.81. The van der Waals surface area contributed by atoms with E-state index >= 15 is 0 Å². The highest BCUT2D eigenvalue weighted by Gasteiger charge is 2.25. The van der Waals surface area contributed by atoms with E-state index in [0.29, 0.717) is 6.54 Å².